The molecule has 0 atom stereocenters. The molecule has 5 nitrogen and oxygen atoms in total. The number of rotatable bonds is 1. The van der Waals surface area contributed by atoms with Gasteiger partial charge in [-0.25, -0.2) is 4.98 Å². The second kappa shape index (κ2) is 3.64. The summed E-state index contributed by atoms with van der Waals surface area (Å²) >= 11 is 1.35. The summed E-state index contributed by atoms with van der Waals surface area (Å²) in [4.78, 5) is 4.04. The lowest BCUT2D eigenvalue weighted by Crippen LogP contribution is -1.97. The van der Waals surface area contributed by atoms with Gasteiger partial charge in [0.2, 0.25) is 0 Å². The van der Waals surface area contributed by atoms with Gasteiger partial charge in [0.25, 0.3) is 10.1 Å². The number of aromatic nitrogens is 1. The van der Waals surface area contributed by atoms with Gasteiger partial charge in [-0.05, 0) is 23.6 Å². The van der Waals surface area contributed by atoms with Crippen molar-refractivity contribution in [2.45, 2.75) is 4.90 Å². The molecule has 0 saturated carbocycles. The van der Waals surface area contributed by atoms with Crippen molar-refractivity contribution in [3.63, 3.8) is 0 Å². The molecule has 18 heavy (non-hydrogen) atoms. The van der Waals surface area contributed by atoms with Crippen LogP contribution >= 0.6 is 11.3 Å². The van der Waals surface area contributed by atoms with Gasteiger partial charge in [-0.2, -0.15) is 8.42 Å². The first-order valence-corrected chi connectivity index (χ1v) is 7.27. The van der Waals surface area contributed by atoms with Crippen molar-refractivity contribution in [1.29, 1.82) is 0 Å². The highest BCUT2D eigenvalue weighted by atomic mass is 32.2. The Labute approximate surface area is 107 Å². The summed E-state index contributed by atoms with van der Waals surface area (Å²) < 4.78 is 32.1. The number of hydrogen-bond donors (Lipinski definition) is 2. The van der Waals surface area contributed by atoms with Crippen molar-refractivity contribution < 1.29 is 13.0 Å². The van der Waals surface area contributed by atoms with Crippen LogP contribution in [0.1, 0.15) is 0 Å². The van der Waals surface area contributed by atoms with Crippen molar-refractivity contribution in [2.24, 2.45) is 0 Å². The summed E-state index contributed by atoms with van der Waals surface area (Å²) in [7, 11) is -4.18. The van der Waals surface area contributed by atoms with E-state index in [1.807, 2.05) is 0 Å². The summed E-state index contributed by atoms with van der Waals surface area (Å²) in [6.07, 6.45) is 0. The minimum absolute atomic E-state index is 0.119. The number of benzene rings is 2. The highest BCUT2D eigenvalue weighted by Crippen LogP contribution is 2.32. The molecule has 0 aliphatic rings. The number of nitrogens with two attached hydrogens (primary N) is 1. The van der Waals surface area contributed by atoms with E-state index in [4.69, 9.17) is 10.3 Å². The van der Waals surface area contributed by atoms with Gasteiger partial charge in [-0.15, -0.1) is 0 Å². The number of anilines is 1. The fourth-order valence-electron chi connectivity index (χ4n) is 1.87. The van der Waals surface area contributed by atoms with Gasteiger partial charge in [0.1, 0.15) is 0 Å². The van der Waals surface area contributed by atoms with E-state index in [0.717, 1.165) is 21.0 Å². The van der Waals surface area contributed by atoms with Crippen LogP contribution in [0.4, 0.5) is 5.13 Å². The highest BCUT2D eigenvalue weighted by Gasteiger charge is 2.12. The zero-order valence-corrected chi connectivity index (χ0v) is 10.6. The van der Waals surface area contributed by atoms with Gasteiger partial charge in [-0.1, -0.05) is 23.5 Å². The third-order valence-corrected chi connectivity index (χ3v) is 4.44. The minimum atomic E-state index is -4.18. The normalized spacial score (nSPS) is 12.3. The Kier molecular flexibility index (Phi) is 2.31. The summed E-state index contributed by atoms with van der Waals surface area (Å²) in [6, 6.07) is 7.98. The molecule has 0 bridgehead atoms. The summed E-state index contributed by atoms with van der Waals surface area (Å²) in [5, 5.41) is 2.06. The number of hydrogen-bond acceptors (Lipinski definition) is 5. The van der Waals surface area contributed by atoms with Crippen LogP contribution in [0.5, 0.6) is 0 Å². The van der Waals surface area contributed by atoms with E-state index in [9.17, 15) is 8.42 Å². The fraction of sp³-hybridized carbons (Fsp3) is 0. The maximum Gasteiger partial charge on any atom is 0.294 e. The van der Waals surface area contributed by atoms with E-state index >= 15 is 0 Å². The highest BCUT2D eigenvalue weighted by molar-refractivity contribution is 7.85. The SMILES string of the molecule is Nc1nc2ccc3cc(S(=O)(=O)O)ccc3c2s1. The first kappa shape index (κ1) is 11.4. The number of thiazole rings is 1. The Morgan fingerprint density at radius 1 is 1.22 bits per heavy atom. The van der Waals surface area contributed by atoms with Crippen LogP contribution in [0.3, 0.4) is 0 Å². The molecule has 3 N–H and O–H groups in total. The largest absolute Gasteiger partial charge is 0.375 e. The Balaban J connectivity index is 2.41. The predicted octanol–water partition coefficient (Wildman–Crippen LogP) is 2.28. The second-order valence-electron chi connectivity index (χ2n) is 3.82. The number of nitrogen functional groups attached to an aromatic ring is 1. The molecule has 0 radical (unpaired) electrons. The lowest BCUT2D eigenvalue weighted by atomic mass is 10.1. The third-order valence-electron chi connectivity index (χ3n) is 2.66. The summed E-state index contributed by atoms with van der Waals surface area (Å²) in [6.45, 7) is 0. The maximum atomic E-state index is 11.1. The Hall–Kier alpha value is -1.70. The van der Waals surface area contributed by atoms with Gasteiger partial charge < -0.3 is 5.73 Å². The van der Waals surface area contributed by atoms with E-state index < -0.39 is 10.1 Å². The number of nitrogens with zero attached hydrogens (tertiary/aromatic N) is 1. The minimum Gasteiger partial charge on any atom is -0.375 e. The topological polar surface area (TPSA) is 93.3 Å². The molecule has 2 aromatic carbocycles. The maximum absolute atomic E-state index is 11.1. The van der Waals surface area contributed by atoms with Crippen LogP contribution in [0.25, 0.3) is 21.0 Å². The molecule has 1 heterocycles. The molecule has 0 fully saturated rings. The quantitative estimate of drug-likeness (QED) is 0.667. The molecule has 3 rings (SSSR count). The first-order chi connectivity index (χ1) is 8.45. The van der Waals surface area contributed by atoms with Crippen LogP contribution in [-0.4, -0.2) is 18.0 Å². The van der Waals surface area contributed by atoms with Gasteiger partial charge in [0.15, 0.2) is 5.13 Å². The molecule has 92 valence electrons. The average Bonchev–Trinajstić information content (AvgIpc) is 2.68. The van der Waals surface area contributed by atoms with E-state index in [1.54, 1.807) is 18.2 Å². The first-order valence-electron chi connectivity index (χ1n) is 5.01. The Morgan fingerprint density at radius 3 is 2.72 bits per heavy atom. The van der Waals surface area contributed by atoms with E-state index in [-0.39, 0.29) is 4.90 Å². The average molecular weight is 280 g/mol. The monoisotopic (exact) mass is 280 g/mol. The lowest BCUT2D eigenvalue weighted by molar-refractivity contribution is 0.483. The standard InChI is InChI=1S/C11H8N2O3S2/c12-11-13-9-4-1-6-5-7(18(14,15)16)2-3-8(6)10(9)17-11/h1-5H,(H2,12,13)(H,14,15,16). The van der Waals surface area contributed by atoms with Crippen molar-refractivity contribution in [2.75, 3.05) is 5.73 Å². The van der Waals surface area contributed by atoms with Gasteiger partial charge in [0.05, 0.1) is 15.1 Å². The predicted molar refractivity (Wildman–Crippen MR) is 71.4 cm³/mol. The van der Waals surface area contributed by atoms with Crippen molar-refractivity contribution >= 4 is 47.6 Å². The van der Waals surface area contributed by atoms with Crippen molar-refractivity contribution in [1.82, 2.24) is 4.98 Å². The molecule has 0 aliphatic heterocycles. The fourth-order valence-corrected chi connectivity index (χ4v) is 3.25. The molecule has 0 unspecified atom stereocenters. The zero-order valence-electron chi connectivity index (χ0n) is 8.99. The summed E-state index contributed by atoms with van der Waals surface area (Å²) in [5.74, 6) is 0. The molecule has 7 heteroatoms. The van der Waals surface area contributed by atoms with Gasteiger partial charge >= 0.3 is 0 Å². The third kappa shape index (κ3) is 1.72. The molecule has 0 amide bonds. The van der Waals surface area contributed by atoms with E-state index in [1.165, 1.54) is 23.5 Å². The molecule has 0 aliphatic carbocycles. The number of fused-ring (bicyclic) bond motifs is 3. The molecule has 1 aromatic heterocycles. The van der Waals surface area contributed by atoms with Crippen LogP contribution in [0.15, 0.2) is 35.2 Å². The molecule has 0 saturated heterocycles. The second-order valence-corrected chi connectivity index (χ2v) is 6.28. The van der Waals surface area contributed by atoms with Crippen LogP contribution in [0, 0.1) is 0 Å². The van der Waals surface area contributed by atoms with Crippen LogP contribution in [-0.2, 0) is 10.1 Å². The van der Waals surface area contributed by atoms with Gasteiger partial charge in [0, 0.05) is 5.39 Å². The lowest BCUT2D eigenvalue weighted by Gasteiger charge is -2.01. The molecule has 3 aromatic rings. The molecule has 0 spiro atoms. The Bertz CT molecular complexity index is 869. The zero-order chi connectivity index (χ0) is 12.9. The van der Waals surface area contributed by atoms with Crippen LogP contribution < -0.4 is 5.73 Å². The molecular formula is C11H8N2O3S2. The van der Waals surface area contributed by atoms with Gasteiger partial charge in [-0.3, -0.25) is 4.55 Å². The summed E-state index contributed by atoms with van der Waals surface area (Å²) in [5.41, 5.74) is 6.43. The molecular weight excluding hydrogens is 272 g/mol. The van der Waals surface area contributed by atoms with Crippen molar-refractivity contribution in [3.8, 4) is 0 Å². The Morgan fingerprint density at radius 2 is 2.00 bits per heavy atom. The van der Waals surface area contributed by atoms with Crippen molar-refractivity contribution in [3.05, 3.63) is 30.3 Å². The van der Waals surface area contributed by atoms with Crippen LogP contribution in [0.2, 0.25) is 0 Å². The van der Waals surface area contributed by atoms with E-state index in [0.29, 0.717) is 5.13 Å². The van der Waals surface area contributed by atoms with E-state index in [2.05, 4.69) is 4.98 Å². The smallest absolute Gasteiger partial charge is 0.294 e.